The monoisotopic (exact) mass is 326 g/mol. The van der Waals surface area contributed by atoms with Crippen molar-refractivity contribution in [2.45, 2.75) is 18.2 Å². The minimum absolute atomic E-state index is 0.0180. The maximum atomic E-state index is 11.8. The van der Waals surface area contributed by atoms with Gasteiger partial charge < -0.3 is 10.2 Å². The lowest BCUT2D eigenvalue weighted by Gasteiger charge is -2.09. The molecule has 0 saturated heterocycles. The number of rotatable bonds is 8. The number of nitrogens with one attached hydrogen (secondary N) is 1. The summed E-state index contributed by atoms with van der Waals surface area (Å²) < 4.78 is 1.72. The molecule has 1 N–H and O–H groups in total. The predicted octanol–water partition coefficient (Wildman–Crippen LogP) is 0.705. The van der Waals surface area contributed by atoms with E-state index < -0.39 is 0 Å². The van der Waals surface area contributed by atoms with Gasteiger partial charge in [0.1, 0.15) is 0 Å². The molecule has 0 unspecified atom stereocenters. The minimum Gasteiger partial charge on any atom is -0.350 e. The van der Waals surface area contributed by atoms with Gasteiger partial charge in [0.15, 0.2) is 0 Å². The zero-order valence-electron chi connectivity index (χ0n) is 12.0. The first-order chi connectivity index (χ1) is 10.1. The van der Waals surface area contributed by atoms with Gasteiger partial charge in [0.05, 0.1) is 18.8 Å². The van der Waals surface area contributed by atoms with Crippen molar-refractivity contribution in [2.24, 2.45) is 0 Å². The number of amides is 1. The Morgan fingerprint density at radius 1 is 1.52 bits per heavy atom. The quantitative estimate of drug-likeness (QED) is 0.720. The third kappa shape index (κ3) is 5.44. The number of hydrogen-bond donors (Lipinski definition) is 1. The van der Waals surface area contributed by atoms with Crippen LogP contribution in [0, 0.1) is 0 Å². The van der Waals surface area contributed by atoms with E-state index in [0.29, 0.717) is 24.0 Å². The van der Waals surface area contributed by atoms with Gasteiger partial charge in [0, 0.05) is 11.4 Å². The van der Waals surface area contributed by atoms with Crippen molar-refractivity contribution < 1.29 is 4.79 Å². The molecule has 0 spiro atoms. The Bertz CT molecular complexity index is 554. The van der Waals surface area contributed by atoms with Gasteiger partial charge in [-0.25, -0.2) is 4.68 Å². The van der Waals surface area contributed by atoms with Crippen LogP contribution in [-0.4, -0.2) is 57.4 Å². The van der Waals surface area contributed by atoms with Gasteiger partial charge in [-0.15, -0.1) is 16.4 Å². The standard InChI is InChI=1S/C12H18N6OS2/c1-17(2)5-6-18-12(14-15-16-18)21-9-11(19)13-8-10-4-3-7-20-10/h3-4,7H,5-6,8-9H2,1-2H3,(H,13,19). The van der Waals surface area contributed by atoms with Crippen LogP contribution in [0.2, 0.25) is 0 Å². The van der Waals surface area contributed by atoms with Gasteiger partial charge in [-0.3, -0.25) is 4.79 Å². The predicted molar refractivity (Wildman–Crippen MR) is 83.3 cm³/mol. The highest BCUT2D eigenvalue weighted by Gasteiger charge is 2.10. The topological polar surface area (TPSA) is 75.9 Å². The van der Waals surface area contributed by atoms with Gasteiger partial charge in [0.25, 0.3) is 0 Å². The van der Waals surface area contributed by atoms with Crippen molar-refractivity contribution in [2.75, 3.05) is 26.4 Å². The number of aromatic nitrogens is 4. The maximum Gasteiger partial charge on any atom is 0.230 e. The van der Waals surface area contributed by atoms with E-state index in [-0.39, 0.29) is 5.91 Å². The zero-order valence-corrected chi connectivity index (χ0v) is 13.7. The molecule has 21 heavy (non-hydrogen) atoms. The smallest absolute Gasteiger partial charge is 0.230 e. The molecule has 114 valence electrons. The largest absolute Gasteiger partial charge is 0.350 e. The molecule has 2 aromatic rings. The lowest BCUT2D eigenvalue weighted by atomic mass is 10.4. The first-order valence-electron chi connectivity index (χ1n) is 6.48. The SMILES string of the molecule is CN(C)CCn1nnnc1SCC(=O)NCc1cccs1. The van der Waals surface area contributed by atoms with Crippen molar-refractivity contribution in [1.82, 2.24) is 30.4 Å². The number of hydrogen-bond acceptors (Lipinski definition) is 7. The van der Waals surface area contributed by atoms with Crippen LogP contribution >= 0.6 is 23.1 Å². The van der Waals surface area contributed by atoms with Crippen LogP contribution < -0.4 is 5.32 Å². The van der Waals surface area contributed by atoms with Crippen molar-refractivity contribution in [1.29, 1.82) is 0 Å². The van der Waals surface area contributed by atoms with Crippen molar-refractivity contribution in [3.63, 3.8) is 0 Å². The summed E-state index contributed by atoms with van der Waals surface area (Å²) in [6.07, 6.45) is 0. The van der Waals surface area contributed by atoms with Crippen molar-refractivity contribution in [3.05, 3.63) is 22.4 Å². The number of carbonyl (C=O) groups is 1. The van der Waals surface area contributed by atoms with E-state index in [4.69, 9.17) is 0 Å². The van der Waals surface area contributed by atoms with E-state index in [2.05, 4.69) is 25.7 Å². The van der Waals surface area contributed by atoms with E-state index in [0.717, 1.165) is 11.4 Å². The Balaban J connectivity index is 1.74. The summed E-state index contributed by atoms with van der Waals surface area (Å²) in [6, 6.07) is 3.97. The fraction of sp³-hybridized carbons (Fsp3) is 0.500. The molecule has 0 aliphatic heterocycles. The number of thioether (sulfide) groups is 1. The maximum absolute atomic E-state index is 11.8. The first kappa shape index (κ1) is 15.9. The summed E-state index contributed by atoms with van der Waals surface area (Å²) >= 11 is 2.98. The average Bonchev–Trinajstić information content (AvgIpc) is 3.11. The van der Waals surface area contributed by atoms with E-state index >= 15 is 0 Å². The summed E-state index contributed by atoms with van der Waals surface area (Å²) in [4.78, 5) is 15.0. The Kier molecular flexibility index (Phi) is 6.15. The molecule has 0 fully saturated rings. The Hall–Kier alpha value is -1.45. The molecule has 0 radical (unpaired) electrons. The second kappa shape index (κ2) is 8.11. The van der Waals surface area contributed by atoms with E-state index in [9.17, 15) is 4.79 Å². The van der Waals surface area contributed by atoms with Gasteiger partial charge >= 0.3 is 0 Å². The normalized spacial score (nSPS) is 11.0. The van der Waals surface area contributed by atoms with Crippen LogP contribution in [0.1, 0.15) is 4.88 Å². The van der Waals surface area contributed by atoms with Crippen molar-refractivity contribution in [3.8, 4) is 0 Å². The molecule has 0 saturated carbocycles. The third-order valence-electron chi connectivity index (χ3n) is 2.63. The average molecular weight is 326 g/mol. The molecule has 2 aromatic heterocycles. The highest BCUT2D eigenvalue weighted by Crippen LogP contribution is 2.13. The molecule has 9 heteroatoms. The first-order valence-corrected chi connectivity index (χ1v) is 8.34. The lowest BCUT2D eigenvalue weighted by molar-refractivity contribution is -0.118. The van der Waals surface area contributed by atoms with Gasteiger partial charge in [-0.1, -0.05) is 17.8 Å². The van der Waals surface area contributed by atoms with Crippen LogP contribution in [-0.2, 0) is 17.9 Å². The summed E-state index contributed by atoms with van der Waals surface area (Å²) in [5.74, 6) is 0.295. The molecule has 7 nitrogen and oxygen atoms in total. The molecule has 0 aromatic carbocycles. The Morgan fingerprint density at radius 3 is 3.10 bits per heavy atom. The number of likely N-dealkylation sites (N-methyl/N-ethyl adjacent to an activating group) is 1. The zero-order chi connectivity index (χ0) is 15.1. The fourth-order valence-corrected chi connectivity index (χ4v) is 2.89. The second-order valence-electron chi connectivity index (χ2n) is 4.63. The van der Waals surface area contributed by atoms with E-state index in [1.807, 2.05) is 31.6 Å². The summed E-state index contributed by atoms with van der Waals surface area (Å²) in [5.41, 5.74) is 0. The number of tetrazole rings is 1. The number of thiophene rings is 1. The van der Waals surface area contributed by atoms with Crippen LogP contribution in [0.5, 0.6) is 0 Å². The highest BCUT2D eigenvalue weighted by molar-refractivity contribution is 7.99. The van der Waals surface area contributed by atoms with Crippen LogP contribution in [0.3, 0.4) is 0 Å². The van der Waals surface area contributed by atoms with Crippen LogP contribution in [0.25, 0.3) is 0 Å². The number of carbonyl (C=O) groups excluding carboxylic acids is 1. The summed E-state index contributed by atoms with van der Waals surface area (Å²) in [6.45, 7) is 2.13. The molecule has 1 amide bonds. The van der Waals surface area contributed by atoms with Crippen LogP contribution in [0.15, 0.2) is 22.7 Å². The van der Waals surface area contributed by atoms with Gasteiger partial charge in [-0.05, 0) is 36.0 Å². The number of nitrogens with zero attached hydrogens (tertiary/aromatic N) is 5. The second-order valence-corrected chi connectivity index (χ2v) is 6.61. The molecule has 0 bridgehead atoms. The van der Waals surface area contributed by atoms with Crippen molar-refractivity contribution >= 4 is 29.0 Å². The van der Waals surface area contributed by atoms with Gasteiger partial charge in [-0.2, -0.15) is 0 Å². The molecule has 2 rings (SSSR count). The highest BCUT2D eigenvalue weighted by atomic mass is 32.2. The fourth-order valence-electron chi connectivity index (χ4n) is 1.51. The third-order valence-corrected chi connectivity index (χ3v) is 4.46. The molecular formula is C12H18N6OS2. The molecule has 0 atom stereocenters. The molecule has 0 aliphatic rings. The van der Waals surface area contributed by atoms with Gasteiger partial charge in [0.2, 0.25) is 11.1 Å². The lowest BCUT2D eigenvalue weighted by Crippen LogP contribution is -2.24. The Labute approximate surface area is 131 Å². The van der Waals surface area contributed by atoms with Crippen LogP contribution in [0.4, 0.5) is 0 Å². The molecule has 2 heterocycles. The van der Waals surface area contributed by atoms with E-state index in [1.54, 1.807) is 16.0 Å². The minimum atomic E-state index is -0.0180. The molecule has 0 aliphatic carbocycles. The Morgan fingerprint density at radius 2 is 2.38 bits per heavy atom. The van der Waals surface area contributed by atoms with E-state index in [1.165, 1.54) is 11.8 Å². The summed E-state index contributed by atoms with van der Waals surface area (Å²) in [5, 5.41) is 17.1. The summed E-state index contributed by atoms with van der Waals surface area (Å²) in [7, 11) is 3.99. The molecular weight excluding hydrogens is 308 g/mol.